The van der Waals surface area contributed by atoms with E-state index in [2.05, 4.69) is 9.93 Å². The summed E-state index contributed by atoms with van der Waals surface area (Å²) in [7, 11) is 0. The van der Waals surface area contributed by atoms with Crippen LogP contribution in [-0.2, 0) is 29.3 Å². The Hall–Kier alpha value is -0.890. The van der Waals surface area contributed by atoms with Crippen molar-refractivity contribution in [1.29, 1.82) is 0 Å². The van der Waals surface area contributed by atoms with Crippen molar-refractivity contribution in [2.75, 3.05) is 6.61 Å². The molecule has 0 aromatic rings. The lowest BCUT2D eigenvalue weighted by atomic mass is 10.2. The van der Waals surface area contributed by atoms with Crippen LogP contribution >= 0.6 is 0 Å². The normalized spacial score (nSPS) is 12.3. The average Bonchev–Trinajstić information content (AvgIpc) is 2.21. The molecule has 0 spiro atoms. The highest BCUT2D eigenvalue weighted by molar-refractivity contribution is 5.59. The fourth-order valence-corrected chi connectivity index (χ4v) is 0.768. The lowest BCUT2D eigenvalue weighted by Gasteiger charge is -2.22. The largest absolute Gasteiger partial charge is 0.545 e. The van der Waals surface area contributed by atoms with Crippen molar-refractivity contribution in [1.82, 2.24) is 0 Å². The van der Waals surface area contributed by atoms with Gasteiger partial charge in [-0.3, -0.25) is 0 Å². The van der Waals surface area contributed by atoms with Gasteiger partial charge >= 0.3 is 6.16 Å². The van der Waals surface area contributed by atoms with E-state index >= 15 is 0 Å². The number of rotatable bonds is 8. The van der Waals surface area contributed by atoms with Gasteiger partial charge in [-0.1, -0.05) is 13.3 Å². The van der Waals surface area contributed by atoms with Crippen molar-refractivity contribution in [3.05, 3.63) is 0 Å². The quantitative estimate of drug-likeness (QED) is 0.222. The minimum absolute atomic E-state index is 0.419. The van der Waals surface area contributed by atoms with Crippen LogP contribution in [0.15, 0.2) is 0 Å². The van der Waals surface area contributed by atoms with Crippen LogP contribution in [0.1, 0.15) is 54.4 Å². The molecule has 7 heteroatoms. The number of carbonyl (C=O) groups excluding carboxylic acids is 1. The van der Waals surface area contributed by atoms with Crippen molar-refractivity contribution >= 4 is 6.16 Å². The van der Waals surface area contributed by atoms with E-state index in [-0.39, 0.29) is 0 Å². The summed E-state index contributed by atoms with van der Waals surface area (Å²) in [6, 6.07) is 0. The maximum atomic E-state index is 11.2. The minimum Gasteiger partial charge on any atom is -0.398 e. The third kappa shape index (κ3) is 11.9. The van der Waals surface area contributed by atoms with Crippen molar-refractivity contribution in [2.24, 2.45) is 0 Å². The zero-order valence-electron chi connectivity index (χ0n) is 12.5. The van der Waals surface area contributed by atoms with Gasteiger partial charge in [0, 0.05) is 13.8 Å². The Morgan fingerprint density at radius 2 is 1.68 bits per heavy atom. The number of hydrogen-bond acceptors (Lipinski definition) is 7. The Morgan fingerprint density at radius 1 is 1.05 bits per heavy atom. The molecular formula is C12H24O7. The van der Waals surface area contributed by atoms with E-state index in [0.29, 0.717) is 6.61 Å². The van der Waals surface area contributed by atoms with E-state index in [0.717, 1.165) is 12.8 Å². The molecule has 19 heavy (non-hydrogen) atoms. The molecule has 0 aromatic heterocycles. The first-order valence-corrected chi connectivity index (χ1v) is 6.22. The number of ether oxygens (including phenoxy) is 1. The van der Waals surface area contributed by atoms with Gasteiger partial charge in [-0.2, -0.15) is 9.78 Å². The second-order valence-electron chi connectivity index (χ2n) is 5.36. The molecule has 0 aliphatic rings. The topological polar surface area (TPSA) is 72.5 Å². The number of unbranched alkanes of at least 4 members (excludes halogenated alkanes) is 1. The van der Waals surface area contributed by atoms with Gasteiger partial charge in [0.1, 0.15) is 0 Å². The second-order valence-corrected chi connectivity index (χ2v) is 5.36. The van der Waals surface area contributed by atoms with Crippen molar-refractivity contribution in [3.8, 4) is 0 Å². The Labute approximate surface area is 113 Å². The molecule has 7 nitrogen and oxygen atoms in total. The fraction of sp³-hybridized carbons (Fsp3) is 0.917. The summed E-state index contributed by atoms with van der Waals surface area (Å²) in [6.45, 7) is 10.6. The van der Waals surface area contributed by atoms with E-state index in [1.54, 1.807) is 20.8 Å². The van der Waals surface area contributed by atoms with E-state index in [1.807, 2.05) is 6.92 Å². The molecule has 114 valence electrons. The third-order valence-corrected chi connectivity index (χ3v) is 1.56. The van der Waals surface area contributed by atoms with Gasteiger partial charge in [0.25, 0.3) is 0 Å². The molecule has 0 radical (unpaired) electrons. The minimum atomic E-state index is -1.28. The molecular weight excluding hydrogens is 256 g/mol. The summed E-state index contributed by atoms with van der Waals surface area (Å²) in [4.78, 5) is 30.1. The van der Waals surface area contributed by atoms with Crippen molar-refractivity contribution < 1.29 is 34.1 Å². The Bertz CT molecular complexity index is 257. The molecule has 0 aliphatic carbocycles. The maximum absolute atomic E-state index is 11.2. The Morgan fingerprint density at radius 3 is 2.21 bits per heavy atom. The highest BCUT2D eigenvalue weighted by Crippen LogP contribution is 2.14. The van der Waals surface area contributed by atoms with Gasteiger partial charge in [-0.15, -0.1) is 0 Å². The first kappa shape index (κ1) is 18.1. The Balaban J connectivity index is 3.83. The molecule has 0 N–H and O–H groups in total. The number of carbonyl (C=O) groups is 1. The lowest BCUT2D eigenvalue weighted by Crippen LogP contribution is -2.32. The second kappa shape index (κ2) is 8.31. The maximum Gasteiger partial charge on any atom is 0.545 e. The summed E-state index contributed by atoms with van der Waals surface area (Å²) in [6.07, 6.45) is 0.738. The molecule has 0 aliphatic heterocycles. The monoisotopic (exact) mass is 280 g/mol. The van der Waals surface area contributed by atoms with Gasteiger partial charge in [0.05, 0.1) is 12.2 Å². The van der Waals surface area contributed by atoms with Crippen LogP contribution in [0.5, 0.6) is 0 Å². The molecule has 0 fully saturated rings. The van der Waals surface area contributed by atoms with Crippen LogP contribution in [0.25, 0.3) is 0 Å². The first-order valence-electron chi connectivity index (χ1n) is 6.22. The van der Waals surface area contributed by atoms with Gasteiger partial charge in [-0.25, -0.2) is 14.6 Å². The molecule has 0 saturated heterocycles. The zero-order valence-corrected chi connectivity index (χ0v) is 12.5. The summed E-state index contributed by atoms with van der Waals surface area (Å²) in [5, 5.41) is 4.28. The van der Waals surface area contributed by atoms with Crippen molar-refractivity contribution in [2.45, 2.75) is 65.8 Å². The predicted octanol–water partition coefficient (Wildman–Crippen LogP) is 3.29. The van der Waals surface area contributed by atoms with Gasteiger partial charge < -0.3 is 4.74 Å². The molecule has 0 amide bonds. The fourth-order valence-electron chi connectivity index (χ4n) is 0.768. The molecule has 0 aromatic carbocycles. The van der Waals surface area contributed by atoms with Gasteiger partial charge in [0.2, 0.25) is 5.79 Å². The van der Waals surface area contributed by atoms with Crippen LogP contribution in [0.4, 0.5) is 4.79 Å². The molecule has 0 rings (SSSR count). The first-order chi connectivity index (χ1) is 8.66. The van der Waals surface area contributed by atoms with Crippen molar-refractivity contribution in [3.63, 3.8) is 0 Å². The van der Waals surface area contributed by atoms with E-state index in [9.17, 15) is 4.79 Å². The molecule has 0 bridgehead atoms. The average molecular weight is 280 g/mol. The third-order valence-electron chi connectivity index (χ3n) is 1.56. The Kier molecular flexibility index (Phi) is 7.93. The van der Waals surface area contributed by atoms with Crippen LogP contribution in [0.3, 0.4) is 0 Å². The highest BCUT2D eigenvalue weighted by Gasteiger charge is 2.27. The highest BCUT2D eigenvalue weighted by atomic mass is 17.5. The van der Waals surface area contributed by atoms with Crippen LogP contribution in [0.2, 0.25) is 0 Å². The molecule has 0 heterocycles. The SMILES string of the molecule is CCCCOOC(C)(C)OC(=O)OOOC(C)(C)C. The molecule has 0 unspecified atom stereocenters. The van der Waals surface area contributed by atoms with Crippen LogP contribution in [-0.4, -0.2) is 24.2 Å². The zero-order chi connectivity index (χ0) is 14.9. The summed E-state index contributed by atoms with van der Waals surface area (Å²) in [5.41, 5.74) is -0.602. The van der Waals surface area contributed by atoms with E-state index in [4.69, 9.17) is 19.4 Å². The van der Waals surface area contributed by atoms with Gasteiger partial charge in [0.15, 0.2) is 0 Å². The summed E-state index contributed by atoms with van der Waals surface area (Å²) in [5.74, 6) is -1.28. The van der Waals surface area contributed by atoms with E-state index in [1.165, 1.54) is 13.8 Å². The van der Waals surface area contributed by atoms with Crippen LogP contribution in [0, 0.1) is 0 Å². The van der Waals surface area contributed by atoms with E-state index < -0.39 is 17.5 Å². The predicted molar refractivity (Wildman–Crippen MR) is 65.5 cm³/mol. The summed E-state index contributed by atoms with van der Waals surface area (Å²) < 4.78 is 4.82. The molecule has 0 saturated carbocycles. The smallest absolute Gasteiger partial charge is 0.398 e. The summed E-state index contributed by atoms with van der Waals surface area (Å²) >= 11 is 0. The number of hydrogen-bond donors (Lipinski definition) is 0. The van der Waals surface area contributed by atoms with Crippen LogP contribution < -0.4 is 0 Å². The standard InChI is InChI=1S/C12H24O7/c1-7-8-9-14-18-12(5,6)15-10(13)16-19-17-11(2,3)4/h7-9H2,1-6H3. The molecule has 0 atom stereocenters. The van der Waals surface area contributed by atoms with Gasteiger partial charge in [-0.05, 0) is 32.2 Å². The lowest BCUT2D eigenvalue weighted by molar-refractivity contribution is -0.519.